The Balaban J connectivity index is 1.69. The maximum Gasteiger partial charge on any atom is 0.196 e. The summed E-state index contributed by atoms with van der Waals surface area (Å²) in [5, 5.41) is 10.3. The number of nitriles is 1. The Morgan fingerprint density at radius 2 is 1.97 bits per heavy atom. The van der Waals surface area contributed by atoms with Crippen molar-refractivity contribution in [3.63, 3.8) is 0 Å². The lowest BCUT2D eigenvalue weighted by molar-refractivity contribution is 0.232. The first-order valence-electron chi connectivity index (χ1n) is 12.6. The van der Waals surface area contributed by atoms with Crippen molar-refractivity contribution in [2.75, 3.05) is 13.1 Å². The Morgan fingerprint density at radius 3 is 2.71 bits per heavy atom. The Hall–Kier alpha value is -3.95. The Bertz CT molecular complexity index is 1670. The number of aryl methyl sites for hydroxylation is 1. The van der Waals surface area contributed by atoms with Gasteiger partial charge in [-0.2, -0.15) is 5.26 Å². The lowest BCUT2D eigenvalue weighted by Gasteiger charge is -2.34. The molecule has 0 spiro atoms. The van der Waals surface area contributed by atoms with E-state index in [1.54, 1.807) is 43.3 Å². The van der Waals surface area contributed by atoms with Crippen LogP contribution in [0.1, 0.15) is 53.5 Å². The highest BCUT2D eigenvalue weighted by molar-refractivity contribution is 6.31. The van der Waals surface area contributed by atoms with Crippen molar-refractivity contribution in [1.29, 1.82) is 5.26 Å². The molecule has 1 unspecified atom stereocenters. The summed E-state index contributed by atoms with van der Waals surface area (Å²) in [4.78, 5) is 20.8. The molecule has 0 radical (unpaired) electrons. The SMILES string of the molecule is Cc1ccc(C2=NCCN2C(c2oc3cc(Cl)ccc3c(=O)c2Cc2cccc(C#N)c2)C(C)C)cc1F. The molecule has 3 aromatic carbocycles. The van der Waals surface area contributed by atoms with Crippen molar-refractivity contribution < 1.29 is 8.81 Å². The third-order valence-electron chi connectivity index (χ3n) is 6.96. The summed E-state index contributed by atoms with van der Waals surface area (Å²) in [5.41, 5.74) is 3.42. The van der Waals surface area contributed by atoms with Crippen LogP contribution in [0.3, 0.4) is 0 Å². The Kier molecular flexibility index (Phi) is 7.05. The molecule has 1 aliphatic heterocycles. The first-order chi connectivity index (χ1) is 18.3. The van der Waals surface area contributed by atoms with Gasteiger partial charge in [0.1, 0.15) is 23.0 Å². The van der Waals surface area contributed by atoms with E-state index in [0.717, 1.165) is 5.56 Å². The minimum Gasteiger partial charge on any atom is -0.458 e. The largest absolute Gasteiger partial charge is 0.458 e. The molecule has 192 valence electrons. The van der Waals surface area contributed by atoms with Crippen LogP contribution in [-0.2, 0) is 6.42 Å². The fourth-order valence-electron chi connectivity index (χ4n) is 5.11. The molecule has 38 heavy (non-hydrogen) atoms. The summed E-state index contributed by atoms with van der Waals surface area (Å²) < 4.78 is 21.0. The standard InChI is InChI=1S/C31H27ClFN3O2/c1-18(2)28(36-12-11-35-31(36)22-8-7-19(3)26(33)15-22)30-25(14-20-5-4-6-21(13-20)17-34)29(37)24-10-9-23(32)16-27(24)38-30/h4-10,13,15-16,18,28H,11-12,14H2,1-3H3. The number of fused-ring (bicyclic) bond motifs is 1. The van der Waals surface area contributed by atoms with Gasteiger partial charge in [-0.1, -0.05) is 49.7 Å². The summed E-state index contributed by atoms with van der Waals surface area (Å²) >= 11 is 6.27. The number of benzene rings is 3. The maximum absolute atomic E-state index is 14.5. The summed E-state index contributed by atoms with van der Waals surface area (Å²) in [5.74, 6) is 0.943. The zero-order valence-corrected chi connectivity index (χ0v) is 22.2. The molecule has 1 aliphatic rings. The number of rotatable bonds is 6. The van der Waals surface area contributed by atoms with Crippen LogP contribution in [0.2, 0.25) is 5.02 Å². The Labute approximate surface area is 225 Å². The second-order valence-corrected chi connectivity index (χ2v) is 10.4. The number of halogens is 2. The van der Waals surface area contributed by atoms with E-state index in [4.69, 9.17) is 21.0 Å². The molecule has 4 aromatic rings. The van der Waals surface area contributed by atoms with Crippen LogP contribution in [-0.4, -0.2) is 23.8 Å². The molecule has 7 heteroatoms. The van der Waals surface area contributed by atoms with Gasteiger partial charge in [-0.05, 0) is 54.3 Å². The molecule has 2 heterocycles. The third kappa shape index (κ3) is 4.82. The van der Waals surface area contributed by atoms with Gasteiger partial charge >= 0.3 is 0 Å². The van der Waals surface area contributed by atoms with Crippen LogP contribution in [0.5, 0.6) is 0 Å². The summed E-state index contributed by atoms with van der Waals surface area (Å²) in [6, 6.07) is 19.2. The van der Waals surface area contributed by atoms with Crippen molar-refractivity contribution in [2.24, 2.45) is 10.9 Å². The molecule has 0 saturated carbocycles. The van der Waals surface area contributed by atoms with E-state index in [1.165, 1.54) is 6.07 Å². The predicted octanol–water partition coefficient (Wildman–Crippen LogP) is 6.82. The molecule has 1 aromatic heterocycles. The van der Waals surface area contributed by atoms with Crippen LogP contribution in [0.25, 0.3) is 11.0 Å². The molecule has 0 fully saturated rings. The lowest BCUT2D eigenvalue weighted by atomic mass is 9.91. The van der Waals surface area contributed by atoms with E-state index in [0.29, 0.717) is 69.4 Å². The van der Waals surface area contributed by atoms with Crippen molar-refractivity contribution >= 4 is 28.4 Å². The van der Waals surface area contributed by atoms with Crippen molar-refractivity contribution in [1.82, 2.24) is 4.90 Å². The smallest absolute Gasteiger partial charge is 0.196 e. The average Bonchev–Trinajstić information content (AvgIpc) is 3.37. The quantitative estimate of drug-likeness (QED) is 0.276. The molecule has 5 nitrogen and oxygen atoms in total. The number of aliphatic imine (C=N–C) groups is 1. The second kappa shape index (κ2) is 10.4. The summed E-state index contributed by atoms with van der Waals surface area (Å²) in [6.45, 7) is 7.02. The first-order valence-corrected chi connectivity index (χ1v) is 13.0. The highest BCUT2D eigenvalue weighted by atomic mass is 35.5. The van der Waals surface area contributed by atoms with Gasteiger partial charge in [0, 0.05) is 35.2 Å². The van der Waals surface area contributed by atoms with E-state index in [-0.39, 0.29) is 23.2 Å². The van der Waals surface area contributed by atoms with E-state index in [2.05, 4.69) is 24.8 Å². The lowest BCUT2D eigenvalue weighted by Crippen LogP contribution is -2.37. The zero-order valence-electron chi connectivity index (χ0n) is 21.5. The summed E-state index contributed by atoms with van der Waals surface area (Å²) in [6.07, 6.45) is 0.300. The second-order valence-electron chi connectivity index (χ2n) is 9.95. The van der Waals surface area contributed by atoms with E-state index >= 15 is 0 Å². The maximum atomic E-state index is 14.5. The minimum atomic E-state index is -0.342. The monoisotopic (exact) mass is 527 g/mol. The number of nitrogens with zero attached hydrogens (tertiary/aromatic N) is 3. The molecule has 0 N–H and O–H groups in total. The van der Waals surface area contributed by atoms with Gasteiger partial charge in [0.15, 0.2) is 5.43 Å². The van der Waals surface area contributed by atoms with Crippen LogP contribution in [0.4, 0.5) is 4.39 Å². The van der Waals surface area contributed by atoms with E-state index in [9.17, 15) is 14.4 Å². The topological polar surface area (TPSA) is 69.6 Å². The Morgan fingerprint density at radius 1 is 1.16 bits per heavy atom. The fraction of sp³-hybridized carbons (Fsp3) is 0.258. The fourth-order valence-corrected chi connectivity index (χ4v) is 5.27. The van der Waals surface area contributed by atoms with Crippen molar-refractivity contribution in [3.8, 4) is 6.07 Å². The van der Waals surface area contributed by atoms with Gasteiger partial charge in [-0.15, -0.1) is 0 Å². The third-order valence-corrected chi connectivity index (χ3v) is 7.19. The van der Waals surface area contributed by atoms with Crippen LogP contribution < -0.4 is 5.43 Å². The summed E-state index contributed by atoms with van der Waals surface area (Å²) in [7, 11) is 0. The average molecular weight is 528 g/mol. The van der Waals surface area contributed by atoms with E-state index in [1.807, 2.05) is 18.2 Å². The van der Waals surface area contributed by atoms with Crippen LogP contribution in [0, 0.1) is 30.0 Å². The normalized spacial score (nSPS) is 14.1. The highest BCUT2D eigenvalue weighted by Crippen LogP contribution is 2.36. The molecule has 5 rings (SSSR count). The van der Waals surface area contributed by atoms with Crippen LogP contribution >= 0.6 is 11.6 Å². The van der Waals surface area contributed by atoms with E-state index < -0.39 is 0 Å². The van der Waals surface area contributed by atoms with Gasteiger partial charge in [-0.25, -0.2) is 4.39 Å². The molecule has 0 amide bonds. The molecular formula is C31H27ClFN3O2. The molecule has 0 saturated heterocycles. The predicted molar refractivity (Wildman–Crippen MR) is 148 cm³/mol. The molecule has 0 bridgehead atoms. The van der Waals surface area contributed by atoms with Gasteiger partial charge in [0.2, 0.25) is 0 Å². The van der Waals surface area contributed by atoms with Crippen molar-refractivity contribution in [3.05, 3.63) is 115 Å². The van der Waals surface area contributed by atoms with Gasteiger partial charge in [0.05, 0.1) is 29.6 Å². The minimum absolute atomic E-state index is 0.0255. The molecule has 1 atom stereocenters. The molecule has 0 aliphatic carbocycles. The number of hydrogen-bond acceptors (Lipinski definition) is 5. The number of amidine groups is 1. The van der Waals surface area contributed by atoms with Crippen molar-refractivity contribution in [2.45, 2.75) is 33.2 Å². The van der Waals surface area contributed by atoms with Gasteiger partial charge in [-0.3, -0.25) is 9.79 Å². The number of hydrogen-bond donors (Lipinski definition) is 0. The zero-order chi connectivity index (χ0) is 27.0. The van der Waals surface area contributed by atoms with Gasteiger partial charge < -0.3 is 9.32 Å². The van der Waals surface area contributed by atoms with Crippen LogP contribution in [0.15, 0.2) is 74.9 Å². The molecular weight excluding hydrogens is 501 g/mol. The van der Waals surface area contributed by atoms with Gasteiger partial charge in [0.25, 0.3) is 0 Å². The highest BCUT2D eigenvalue weighted by Gasteiger charge is 2.34. The first kappa shape index (κ1) is 25.7.